The number of rotatable bonds is 7. The number of aromatic nitrogens is 1. The van der Waals surface area contributed by atoms with Crippen molar-refractivity contribution in [2.45, 2.75) is 0 Å². The van der Waals surface area contributed by atoms with Crippen LogP contribution in [0.4, 0.5) is 17.1 Å². The summed E-state index contributed by atoms with van der Waals surface area (Å²) in [6.07, 6.45) is 0. The Kier molecular flexibility index (Phi) is 8.19. The smallest absolute Gasteiger partial charge is 0.0547 e. The lowest BCUT2D eigenvalue weighted by molar-refractivity contribution is 1.18. The standard InChI is InChI=1S/C56H38N2/c1-4-18-39(19-5-1)43-34-44(40-20-6-2-7-21-40)37-47(36-43)57(55-38-42-22-10-11-27-48(42)50-28-12-13-29-51(50)55)46-26-16-23-41(35-46)49-31-17-33-54-56(49)52-30-14-15-32-53(52)58(54)45-24-8-3-9-25-45/h1-38H. The summed E-state index contributed by atoms with van der Waals surface area (Å²) in [5, 5.41) is 7.38. The van der Waals surface area contributed by atoms with E-state index >= 15 is 0 Å². The maximum Gasteiger partial charge on any atom is 0.0547 e. The summed E-state index contributed by atoms with van der Waals surface area (Å²) in [5.74, 6) is 0. The Hall–Kier alpha value is -7.68. The molecule has 0 unspecified atom stereocenters. The van der Waals surface area contributed by atoms with Gasteiger partial charge in [0.25, 0.3) is 0 Å². The molecule has 0 radical (unpaired) electrons. The van der Waals surface area contributed by atoms with Gasteiger partial charge in [-0.1, -0.05) is 170 Å². The highest BCUT2D eigenvalue weighted by Crippen LogP contribution is 2.46. The van der Waals surface area contributed by atoms with E-state index in [9.17, 15) is 0 Å². The van der Waals surface area contributed by atoms with Crippen molar-refractivity contribution in [2.75, 3.05) is 4.90 Å². The predicted octanol–water partition coefficient (Wildman–Crippen LogP) is 15.6. The molecule has 10 aromatic carbocycles. The zero-order valence-corrected chi connectivity index (χ0v) is 31.8. The van der Waals surface area contributed by atoms with Gasteiger partial charge in [0.05, 0.1) is 16.7 Å². The van der Waals surface area contributed by atoms with Gasteiger partial charge in [0.2, 0.25) is 0 Å². The lowest BCUT2D eigenvalue weighted by Crippen LogP contribution is -2.11. The Labute approximate surface area is 338 Å². The van der Waals surface area contributed by atoms with Crippen LogP contribution in [0.1, 0.15) is 0 Å². The second kappa shape index (κ2) is 14.1. The number of hydrogen-bond acceptors (Lipinski definition) is 1. The first kappa shape index (κ1) is 33.6. The summed E-state index contributed by atoms with van der Waals surface area (Å²) in [6, 6.07) is 83.8. The molecule has 0 atom stereocenters. The first-order valence-electron chi connectivity index (χ1n) is 19.9. The molecule has 0 saturated carbocycles. The van der Waals surface area contributed by atoms with Crippen LogP contribution in [-0.2, 0) is 0 Å². The van der Waals surface area contributed by atoms with Gasteiger partial charge in [0.15, 0.2) is 0 Å². The van der Waals surface area contributed by atoms with Gasteiger partial charge in [-0.15, -0.1) is 0 Å². The zero-order chi connectivity index (χ0) is 38.4. The molecule has 0 bridgehead atoms. The van der Waals surface area contributed by atoms with Crippen LogP contribution in [0.25, 0.3) is 82.4 Å². The van der Waals surface area contributed by atoms with E-state index in [1.165, 1.54) is 71.2 Å². The van der Waals surface area contributed by atoms with E-state index in [1.54, 1.807) is 0 Å². The molecule has 0 N–H and O–H groups in total. The van der Waals surface area contributed by atoms with Crippen LogP contribution in [0.3, 0.4) is 0 Å². The molecule has 11 aromatic rings. The van der Waals surface area contributed by atoms with Gasteiger partial charge in [-0.3, -0.25) is 0 Å². The minimum atomic E-state index is 1.09. The largest absolute Gasteiger partial charge is 0.310 e. The summed E-state index contributed by atoms with van der Waals surface area (Å²) in [5.41, 5.74) is 13.9. The first-order chi connectivity index (χ1) is 28.8. The molecule has 0 aliphatic heterocycles. The van der Waals surface area contributed by atoms with E-state index in [0.29, 0.717) is 0 Å². The molecule has 0 saturated heterocycles. The third-order valence-electron chi connectivity index (χ3n) is 11.5. The van der Waals surface area contributed by atoms with Crippen molar-refractivity contribution < 1.29 is 0 Å². The van der Waals surface area contributed by atoms with Gasteiger partial charge in [0, 0.05) is 33.2 Å². The Balaban J connectivity index is 1.19. The van der Waals surface area contributed by atoms with Crippen molar-refractivity contribution >= 4 is 60.4 Å². The van der Waals surface area contributed by atoms with E-state index in [2.05, 4.69) is 240 Å². The lowest BCUT2D eigenvalue weighted by atomic mass is 9.95. The Morgan fingerprint density at radius 3 is 1.57 bits per heavy atom. The molecular weight excluding hydrogens is 701 g/mol. The molecule has 272 valence electrons. The summed E-state index contributed by atoms with van der Waals surface area (Å²) >= 11 is 0. The number of benzene rings is 10. The summed E-state index contributed by atoms with van der Waals surface area (Å²) in [4.78, 5) is 2.48. The monoisotopic (exact) mass is 738 g/mol. The van der Waals surface area contributed by atoms with Crippen molar-refractivity contribution in [3.05, 3.63) is 231 Å². The molecule has 2 nitrogen and oxygen atoms in total. The molecule has 0 aliphatic carbocycles. The van der Waals surface area contributed by atoms with E-state index in [4.69, 9.17) is 0 Å². The van der Waals surface area contributed by atoms with Gasteiger partial charge in [-0.25, -0.2) is 0 Å². The SMILES string of the molecule is c1ccc(-c2cc(-c3ccccc3)cc(N(c3cccc(-c4cccc5c4c4ccccc4n5-c4ccccc4)c3)c3cc4ccccc4c4ccccc34)c2)cc1. The molecule has 0 aliphatic rings. The van der Waals surface area contributed by atoms with Gasteiger partial charge >= 0.3 is 0 Å². The van der Waals surface area contributed by atoms with Crippen LogP contribution in [0.15, 0.2) is 231 Å². The average Bonchev–Trinajstić information content (AvgIpc) is 3.65. The van der Waals surface area contributed by atoms with Crippen LogP contribution in [0.5, 0.6) is 0 Å². The lowest BCUT2D eigenvalue weighted by Gasteiger charge is -2.29. The first-order valence-corrected chi connectivity index (χ1v) is 19.9. The van der Waals surface area contributed by atoms with Crippen molar-refractivity contribution in [1.29, 1.82) is 0 Å². The van der Waals surface area contributed by atoms with Gasteiger partial charge < -0.3 is 9.47 Å². The highest BCUT2D eigenvalue weighted by molar-refractivity contribution is 6.17. The number of nitrogens with zero attached hydrogens (tertiary/aromatic N) is 2. The second-order valence-corrected chi connectivity index (χ2v) is 14.9. The van der Waals surface area contributed by atoms with Crippen LogP contribution in [0.2, 0.25) is 0 Å². The molecule has 0 fully saturated rings. The molecule has 0 amide bonds. The third kappa shape index (κ3) is 5.74. The number of hydrogen-bond donors (Lipinski definition) is 0. The van der Waals surface area contributed by atoms with E-state index in [0.717, 1.165) is 28.3 Å². The highest BCUT2D eigenvalue weighted by atomic mass is 15.1. The second-order valence-electron chi connectivity index (χ2n) is 14.9. The Morgan fingerprint density at radius 2 is 0.845 bits per heavy atom. The maximum atomic E-state index is 2.48. The summed E-state index contributed by atoms with van der Waals surface area (Å²) in [6.45, 7) is 0. The number of para-hydroxylation sites is 2. The molecule has 0 spiro atoms. The highest BCUT2D eigenvalue weighted by Gasteiger charge is 2.21. The van der Waals surface area contributed by atoms with Gasteiger partial charge in [-0.2, -0.15) is 0 Å². The fourth-order valence-electron chi connectivity index (χ4n) is 8.91. The third-order valence-corrected chi connectivity index (χ3v) is 11.5. The fraction of sp³-hybridized carbons (Fsp3) is 0. The Bertz CT molecular complexity index is 3210. The quantitative estimate of drug-likeness (QED) is 0.148. The molecule has 1 aromatic heterocycles. The van der Waals surface area contributed by atoms with Crippen LogP contribution in [0, 0.1) is 0 Å². The minimum absolute atomic E-state index is 1.09. The molecule has 11 rings (SSSR count). The molecular formula is C56H38N2. The maximum absolute atomic E-state index is 2.48. The minimum Gasteiger partial charge on any atom is -0.310 e. The van der Waals surface area contributed by atoms with Crippen LogP contribution >= 0.6 is 0 Å². The average molecular weight is 739 g/mol. The van der Waals surface area contributed by atoms with Gasteiger partial charge in [0.1, 0.15) is 0 Å². The van der Waals surface area contributed by atoms with Gasteiger partial charge in [-0.05, 0) is 110 Å². The summed E-state index contributed by atoms with van der Waals surface area (Å²) < 4.78 is 2.39. The number of fused-ring (bicyclic) bond motifs is 6. The van der Waals surface area contributed by atoms with Crippen molar-refractivity contribution in [1.82, 2.24) is 4.57 Å². The molecule has 2 heteroatoms. The van der Waals surface area contributed by atoms with Crippen molar-refractivity contribution in [3.63, 3.8) is 0 Å². The normalized spacial score (nSPS) is 11.4. The van der Waals surface area contributed by atoms with Crippen molar-refractivity contribution in [3.8, 4) is 39.1 Å². The fourth-order valence-corrected chi connectivity index (χ4v) is 8.91. The van der Waals surface area contributed by atoms with E-state index in [1.807, 2.05) is 0 Å². The van der Waals surface area contributed by atoms with Crippen LogP contribution in [-0.4, -0.2) is 4.57 Å². The Morgan fingerprint density at radius 1 is 0.310 bits per heavy atom. The van der Waals surface area contributed by atoms with Crippen molar-refractivity contribution in [2.24, 2.45) is 0 Å². The van der Waals surface area contributed by atoms with Crippen LogP contribution < -0.4 is 4.90 Å². The predicted molar refractivity (Wildman–Crippen MR) is 247 cm³/mol. The number of anilines is 3. The van der Waals surface area contributed by atoms with E-state index in [-0.39, 0.29) is 0 Å². The zero-order valence-electron chi connectivity index (χ0n) is 31.8. The van der Waals surface area contributed by atoms with E-state index < -0.39 is 0 Å². The summed E-state index contributed by atoms with van der Waals surface area (Å²) in [7, 11) is 0. The topological polar surface area (TPSA) is 8.17 Å². The molecule has 58 heavy (non-hydrogen) atoms. The molecule has 1 heterocycles.